The van der Waals surface area contributed by atoms with Gasteiger partial charge in [-0.15, -0.1) is 0 Å². The average Bonchev–Trinajstić information content (AvgIpc) is 2.03. The number of carbonyl (C=O) groups is 2. The molecule has 1 N–H and O–H groups in total. The average molecular weight is 189 g/mol. The molecule has 0 fully saturated rings. The molecule has 0 saturated carbocycles. The summed E-state index contributed by atoms with van der Waals surface area (Å²) in [7, 11) is 0. The molecule has 76 valence electrons. The van der Waals surface area contributed by atoms with E-state index in [4.69, 9.17) is 9.94 Å². The molecule has 0 unspecified atom stereocenters. The lowest BCUT2D eigenvalue weighted by molar-refractivity contribution is -0.191. The van der Waals surface area contributed by atoms with E-state index in [1.54, 1.807) is 0 Å². The van der Waals surface area contributed by atoms with Crippen molar-refractivity contribution in [2.45, 2.75) is 26.7 Å². The lowest BCUT2D eigenvalue weighted by Crippen LogP contribution is -2.32. The molecule has 0 radical (unpaired) electrons. The number of amides is 1. The fourth-order valence-corrected chi connectivity index (χ4v) is 0.748. The highest BCUT2D eigenvalue weighted by Gasteiger charge is 2.10. The summed E-state index contributed by atoms with van der Waals surface area (Å²) in [5.41, 5.74) is 0. The summed E-state index contributed by atoms with van der Waals surface area (Å²) < 4.78 is 0. The zero-order valence-corrected chi connectivity index (χ0v) is 7.95. The van der Waals surface area contributed by atoms with Crippen molar-refractivity contribution in [2.24, 2.45) is 0 Å². The van der Waals surface area contributed by atoms with Gasteiger partial charge in [0.25, 0.3) is 0 Å². The van der Waals surface area contributed by atoms with Gasteiger partial charge < -0.3 is 5.11 Å². The van der Waals surface area contributed by atoms with Gasteiger partial charge in [0.15, 0.2) is 6.61 Å². The van der Waals surface area contributed by atoms with E-state index < -0.39 is 12.6 Å². The minimum atomic E-state index is -1.08. The Morgan fingerprint density at radius 1 is 1.46 bits per heavy atom. The van der Waals surface area contributed by atoms with Crippen molar-refractivity contribution in [3.8, 4) is 0 Å². The van der Waals surface area contributed by atoms with Crippen LogP contribution in [0.5, 0.6) is 0 Å². The van der Waals surface area contributed by atoms with E-state index in [0.29, 0.717) is 6.54 Å². The smallest absolute Gasteiger partial charge is 0.332 e. The van der Waals surface area contributed by atoms with E-state index in [1.807, 2.05) is 6.92 Å². The second kappa shape index (κ2) is 6.42. The van der Waals surface area contributed by atoms with Crippen molar-refractivity contribution in [1.82, 2.24) is 5.06 Å². The highest BCUT2D eigenvalue weighted by atomic mass is 16.7. The molecule has 0 spiro atoms. The second-order valence-corrected chi connectivity index (χ2v) is 2.64. The number of carboxylic acid groups (broad SMARTS) is 1. The Hall–Kier alpha value is -1.10. The summed E-state index contributed by atoms with van der Waals surface area (Å²) in [6.45, 7) is 3.30. The third-order valence-corrected chi connectivity index (χ3v) is 1.41. The van der Waals surface area contributed by atoms with Crippen LogP contribution in [0.3, 0.4) is 0 Å². The molecule has 5 nitrogen and oxygen atoms in total. The normalized spacial score (nSPS) is 9.69. The van der Waals surface area contributed by atoms with Crippen molar-refractivity contribution in [2.75, 3.05) is 13.2 Å². The lowest BCUT2D eigenvalue weighted by Gasteiger charge is -2.18. The molecule has 13 heavy (non-hydrogen) atoms. The summed E-state index contributed by atoms with van der Waals surface area (Å²) >= 11 is 0. The summed E-state index contributed by atoms with van der Waals surface area (Å²) in [5.74, 6) is -1.35. The monoisotopic (exact) mass is 189 g/mol. The van der Waals surface area contributed by atoms with E-state index in [2.05, 4.69) is 0 Å². The zero-order valence-electron chi connectivity index (χ0n) is 7.95. The summed E-state index contributed by atoms with van der Waals surface area (Å²) in [5, 5.41) is 9.39. The van der Waals surface area contributed by atoms with Crippen molar-refractivity contribution in [3.63, 3.8) is 0 Å². The van der Waals surface area contributed by atoms with Crippen LogP contribution < -0.4 is 0 Å². The van der Waals surface area contributed by atoms with Crippen LogP contribution in [0, 0.1) is 0 Å². The number of carboxylic acids is 1. The van der Waals surface area contributed by atoms with Crippen molar-refractivity contribution < 1.29 is 19.5 Å². The molecule has 0 saturated heterocycles. The van der Waals surface area contributed by atoms with Gasteiger partial charge in [0.2, 0.25) is 5.91 Å². The number of unbranched alkanes of at least 4 members (excludes halogenated alkanes) is 1. The quantitative estimate of drug-likeness (QED) is 0.623. The first kappa shape index (κ1) is 11.9. The highest BCUT2D eigenvalue weighted by molar-refractivity contribution is 5.72. The fraction of sp³-hybridized carbons (Fsp3) is 0.750. The molecule has 0 atom stereocenters. The van der Waals surface area contributed by atoms with E-state index >= 15 is 0 Å². The van der Waals surface area contributed by atoms with Crippen LogP contribution >= 0.6 is 0 Å². The van der Waals surface area contributed by atoms with Gasteiger partial charge in [-0.3, -0.25) is 9.63 Å². The van der Waals surface area contributed by atoms with Gasteiger partial charge >= 0.3 is 5.97 Å². The van der Waals surface area contributed by atoms with Gasteiger partial charge in [0.05, 0.1) is 0 Å². The zero-order chi connectivity index (χ0) is 10.3. The molecule has 0 heterocycles. The van der Waals surface area contributed by atoms with Crippen LogP contribution in [0.25, 0.3) is 0 Å². The summed E-state index contributed by atoms with van der Waals surface area (Å²) in [6, 6.07) is 0. The van der Waals surface area contributed by atoms with Crippen molar-refractivity contribution in [1.29, 1.82) is 0 Å². The molecular formula is C8H15NO4. The number of hydrogen-bond donors (Lipinski definition) is 1. The third kappa shape index (κ3) is 6.10. The summed E-state index contributed by atoms with van der Waals surface area (Å²) in [4.78, 5) is 25.8. The van der Waals surface area contributed by atoms with Gasteiger partial charge in [-0.25, -0.2) is 9.86 Å². The predicted molar refractivity (Wildman–Crippen MR) is 45.9 cm³/mol. The first-order valence-electron chi connectivity index (χ1n) is 4.20. The van der Waals surface area contributed by atoms with Gasteiger partial charge in [0.1, 0.15) is 0 Å². The van der Waals surface area contributed by atoms with Crippen LogP contribution in [-0.2, 0) is 14.4 Å². The molecule has 0 aromatic carbocycles. The standard InChI is InChI=1S/C8H15NO4/c1-3-4-5-9(7(2)10)13-6-8(11)12/h3-6H2,1-2H3,(H,11,12). The van der Waals surface area contributed by atoms with Crippen LogP contribution in [0.15, 0.2) is 0 Å². The van der Waals surface area contributed by atoms with Gasteiger partial charge in [0, 0.05) is 13.5 Å². The molecule has 1 amide bonds. The number of nitrogens with zero attached hydrogens (tertiary/aromatic N) is 1. The number of carbonyl (C=O) groups excluding carboxylic acids is 1. The molecule has 0 aromatic heterocycles. The number of rotatable bonds is 6. The number of hydrogen-bond acceptors (Lipinski definition) is 3. The van der Waals surface area contributed by atoms with E-state index in [0.717, 1.165) is 17.9 Å². The maximum Gasteiger partial charge on any atom is 0.332 e. The molecule has 0 aromatic rings. The number of aliphatic carboxylic acids is 1. The first-order valence-corrected chi connectivity index (χ1v) is 4.20. The molecule has 0 aliphatic carbocycles. The third-order valence-electron chi connectivity index (χ3n) is 1.41. The number of hydroxylamine groups is 2. The van der Waals surface area contributed by atoms with Gasteiger partial charge in [-0.1, -0.05) is 13.3 Å². The molecule has 0 bridgehead atoms. The van der Waals surface area contributed by atoms with Crippen LogP contribution in [0.2, 0.25) is 0 Å². The second-order valence-electron chi connectivity index (χ2n) is 2.64. The minimum Gasteiger partial charge on any atom is -0.479 e. The topological polar surface area (TPSA) is 66.8 Å². The maximum absolute atomic E-state index is 10.9. The Morgan fingerprint density at radius 3 is 2.46 bits per heavy atom. The van der Waals surface area contributed by atoms with Crippen molar-refractivity contribution >= 4 is 11.9 Å². The molecular weight excluding hydrogens is 174 g/mol. The van der Waals surface area contributed by atoms with E-state index in [1.165, 1.54) is 6.92 Å². The Kier molecular flexibility index (Phi) is 5.88. The van der Waals surface area contributed by atoms with E-state index in [-0.39, 0.29) is 5.91 Å². The molecule has 5 heteroatoms. The molecule has 0 aliphatic rings. The maximum atomic E-state index is 10.9. The highest BCUT2D eigenvalue weighted by Crippen LogP contribution is 1.96. The van der Waals surface area contributed by atoms with E-state index in [9.17, 15) is 9.59 Å². The molecule has 0 aliphatic heterocycles. The summed E-state index contributed by atoms with van der Waals surface area (Å²) in [6.07, 6.45) is 1.74. The first-order chi connectivity index (χ1) is 6.07. The fourth-order valence-electron chi connectivity index (χ4n) is 0.748. The lowest BCUT2D eigenvalue weighted by atomic mass is 10.3. The molecule has 0 rings (SSSR count). The Bertz CT molecular complexity index is 181. The van der Waals surface area contributed by atoms with Gasteiger partial charge in [-0.05, 0) is 6.42 Å². The minimum absolute atomic E-state index is 0.269. The Labute approximate surface area is 77.2 Å². The predicted octanol–water partition coefficient (Wildman–Crippen LogP) is 0.651. The van der Waals surface area contributed by atoms with Crippen LogP contribution in [-0.4, -0.2) is 35.2 Å². The van der Waals surface area contributed by atoms with Gasteiger partial charge in [-0.2, -0.15) is 0 Å². The largest absolute Gasteiger partial charge is 0.479 e. The Balaban J connectivity index is 3.80. The van der Waals surface area contributed by atoms with Crippen LogP contribution in [0.1, 0.15) is 26.7 Å². The van der Waals surface area contributed by atoms with Crippen LogP contribution in [0.4, 0.5) is 0 Å². The SMILES string of the molecule is CCCCN(OCC(=O)O)C(C)=O. The Morgan fingerprint density at radius 2 is 2.08 bits per heavy atom. The van der Waals surface area contributed by atoms with Crippen molar-refractivity contribution in [3.05, 3.63) is 0 Å².